The summed E-state index contributed by atoms with van der Waals surface area (Å²) >= 11 is 0. The normalized spacial score (nSPS) is 24.6. The summed E-state index contributed by atoms with van der Waals surface area (Å²) < 4.78 is 27.7. The van der Waals surface area contributed by atoms with Gasteiger partial charge in [0.05, 0.1) is 0 Å². The maximum atomic E-state index is 13.9. The van der Waals surface area contributed by atoms with Crippen LogP contribution in [0, 0.1) is 12.8 Å². The van der Waals surface area contributed by atoms with Gasteiger partial charge in [0.2, 0.25) is 0 Å². The number of fused-ring (bicyclic) bond motifs is 1. The van der Waals surface area contributed by atoms with E-state index in [9.17, 15) is 13.9 Å². The molecule has 0 aliphatic carbocycles. The number of phenolic OH excluding ortho intramolecular Hbond substituents is 1. The lowest BCUT2D eigenvalue weighted by Gasteiger charge is -2.37. The lowest BCUT2D eigenvalue weighted by Crippen LogP contribution is -2.50. The molecule has 150 valence electrons. The van der Waals surface area contributed by atoms with Crippen molar-refractivity contribution in [3.8, 4) is 17.0 Å². The molecule has 28 heavy (non-hydrogen) atoms. The van der Waals surface area contributed by atoms with Crippen LogP contribution in [0.15, 0.2) is 24.3 Å². The van der Waals surface area contributed by atoms with Gasteiger partial charge in [-0.1, -0.05) is 19.4 Å². The zero-order valence-corrected chi connectivity index (χ0v) is 16.2. The van der Waals surface area contributed by atoms with Gasteiger partial charge >= 0.3 is 0 Å². The number of nitrogens with one attached hydrogen (secondary N) is 1. The van der Waals surface area contributed by atoms with Crippen molar-refractivity contribution in [3.05, 3.63) is 35.4 Å². The van der Waals surface area contributed by atoms with Gasteiger partial charge in [-0.2, -0.15) is 0 Å². The number of aromatic nitrogens is 2. The molecule has 2 N–H and O–H groups in total. The number of anilines is 1. The zero-order chi connectivity index (χ0) is 19.8. The largest absolute Gasteiger partial charge is 0.507 e. The van der Waals surface area contributed by atoms with E-state index in [1.807, 2.05) is 6.92 Å². The lowest BCUT2D eigenvalue weighted by atomic mass is 9.89. The highest BCUT2D eigenvalue weighted by Gasteiger charge is 2.39. The Bertz CT molecular complexity index is 860. The average Bonchev–Trinajstić information content (AvgIpc) is 3.10. The second-order valence-corrected chi connectivity index (χ2v) is 7.90. The summed E-state index contributed by atoms with van der Waals surface area (Å²) in [5.41, 5.74) is 0.982. The quantitative estimate of drug-likeness (QED) is 0.827. The van der Waals surface area contributed by atoms with Gasteiger partial charge in [-0.15, -0.1) is 10.2 Å². The van der Waals surface area contributed by atoms with Gasteiger partial charge in [0.1, 0.15) is 11.4 Å². The summed E-state index contributed by atoms with van der Waals surface area (Å²) in [5.74, 6) is 1.03. The fourth-order valence-electron chi connectivity index (χ4n) is 4.47. The second-order valence-electron chi connectivity index (χ2n) is 7.90. The highest BCUT2D eigenvalue weighted by molar-refractivity contribution is 5.71. The molecular formula is C21H26F2N4O. The van der Waals surface area contributed by atoms with Crippen LogP contribution in [0.3, 0.4) is 0 Å². The van der Waals surface area contributed by atoms with Gasteiger partial charge in [-0.3, -0.25) is 0 Å². The minimum atomic E-state index is -2.70. The van der Waals surface area contributed by atoms with Crippen LogP contribution < -0.4 is 10.2 Å². The third-order valence-corrected chi connectivity index (χ3v) is 6.11. The standard InChI is InChI=1S/C21H26F2N4O/c1-3-13-9-17-16(24-11-13)6-7-27(17)19-10-15(21(22)23)20(26-25-19)14-5-4-12(2)8-18(14)28/h4-5,8,10,13,16-17,21,24,28H,3,6-7,9,11H2,1-2H3/t13?,16-,17+/m1/s1. The first kappa shape index (κ1) is 19.1. The van der Waals surface area contributed by atoms with Crippen molar-refractivity contribution in [2.24, 2.45) is 5.92 Å². The Morgan fingerprint density at radius 2 is 2.11 bits per heavy atom. The van der Waals surface area contributed by atoms with Gasteiger partial charge in [-0.25, -0.2) is 8.78 Å². The number of piperidine rings is 1. The minimum absolute atomic E-state index is 0.0419. The van der Waals surface area contributed by atoms with E-state index in [2.05, 4.69) is 27.3 Å². The van der Waals surface area contributed by atoms with Crippen molar-refractivity contribution in [1.29, 1.82) is 0 Å². The number of hydrogen-bond donors (Lipinski definition) is 2. The number of phenols is 1. The number of rotatable bonds is 4. The molecule has 0 bridgehead atoms. The van der Waals surface area contributed by atoms with Crippen molar-refractivity contribution >= 4 is 5.82 Å². The monoisotopic (exact) mass is 388 g/mol. The molecule has 1 aromatic carbocycles. The van der Waals surface area contributed by atoms with Gasteiger partial charge < -0.3 is 15.3 Å². The maximum Gasteiger partial charge on any atom is 0.266 e. The molecule has 2 saturated heterocycles. The SMILES string of the molecule is CCC1CN[C@@H]2CCN(c3cc(C(F)F)c(-c4ccc(C)cc4O)nn3)[C@H]2C1. The van der Waals surface area contributed by atoms with E-state index in [4.69, 9.17) is 0 Å². The summed E-state index contributed by atoms with van der Waals surface area (Å²) in [6.07, 6.45) is 0.424. The van der Waals surface area contributed by atoms with Crippen molar-refractivity contribution in [2.45, 2.75) is 51.6 Å². The number of halogens is 2. The fraction of sp³-hybridized carbons (Fsp3) is 0.524. The number of nitrogens with zero attached hydrogens (tertiary/aromatic N) is 3. The number of aromatic hydroxyl groups is 1. The van der Waals surface area contributed by atoms with Gasteiger partial charge in [-0.05, 0) is 56.0 Å². The number of benzene rings is 1. The van der Waals surface area contributed by atoms with Crippen LogP contribution in [-0.2, 0) is 0 Å². The summed E-state index contributed by atoms with van der Waals surface area (Å²) in [6.45, 7) is 5.82. The molecule has 0 saturated carbocycles. The van der Waals surface area contributed by atoms with Crippen molar-refractivity contribution in [1.82, 2.24) is 15.5 Å². The molecule has 0 radical (unpaired) electrons. The van der Waals surface area contributed by atoms with Gasteiger partial charge in [0, 0.05) is 29.8 Å². The summed E-state index contributed by atoms with van der Waals surface area (Å²) in [4.78, 5) is 2.12. The highest BCUT2D eigenvalue weighted by Crippen LogP contribution is 2.38. The maximum absolute atomic E-state index is 13.9. The Morgan fingerprint density at radius 1 is 1.29 bits per heavy atom. The van der Waals surface area contributed by atoms with Crippen LogP contribution in [0.5, 0.6) is 5.75 Å². The molecule has 2 fully saturated rings. The molecule has 2 aromatic rings. The Morgan fingerprint density at radius 3 is 2.82 bits per heavy atom. The van der Waals surface area contributed by atoms with Crippen LogP contribution >= 0.6 is 0 Å². The molecule has 1 aromatic heterocycles. The molecule has 0 spiro atoms. The zero-order valence-electron chi connectivity index (χ0n) is 16.2. The van der Waals surface area contributed by atoms with E-state index in [1.54, 1.807) is 18.2 Å². The topological polar surface area (TPSA) is 61.3 Å². The molecule has 0 amide bonds. The smallest absolute Gasteiger partial charge is 0.266 e. The molecule has 3 atom stereocenters. The number of aryl methyl sites for hydroxylation is 1. The molecular weight excluding hydrogens is 362 g/mol. The molecule has 3 heterocycles. The predicted molar refractivity (Wildman–Crippen MR) is 105 cm³/mol. The van der Waals surface area contributed by atoms with Gasteiger partial charge in [0.25, 0.3) is 6.43 Å². The Balaban J connectivity index is 1.69. The molecule has 4 rings (SSSR count). The van der Waals surface area contributed by atoms with E-state index in [0.717, 1.165) is 37.9 Å². The Labute approximate surface area is 163 Å². The van der Waals surface area contributed by atoms with Crippen molar-refractivity contribution in [3.63, 3.8) is 0 Å². The Kier molecular flexibility index (Phi) is 5.19. The first-order chi connectivity index (χ1) is 13.5. The highest BCUT2D eigenvalue weighted by atomic mass is 19.3. The van der Waals surface area contributed by atoms with E-state index < -0.39 is 6.43 Å². The third kappa shape index (κ3) is 3.43. The first-order valence-corrected chi connectivity index (χ1v) is 9.93. The van der Waals surface area contributed by atoms with Crippen LogP contribution in [-0.4, -0.2) is 40.5 Å². The van der Waals surface area contributed by atoms with Crippen LogP contribution in [0.4, 0.5) is 14.6 Å². The molecule has 2 aliphatic rings. The third-order valence-electron chi connectivity index (χ3n) is 6.11. The lowest BCUT2D eigenvalue weighted by molar-refractivity contribution is 0.151. The predicted octanol–water partition coefficient (Wildman–Crippen LogP) is 4.06. The summed E-state index contributed by atoms with van der Waals surface area (Å²) in [5, 5.41) is 22.2. The van der Waals surface area contributed by atoms with E-state index in [0.29, 0.717) is 17.8 Å². The molecule has 5 nitrogen and oxygen atoms in total. The average molecular weight is 388 g/mol. The van der Waals surface area contributed by atoms with E-state index >= 15 is 0 Å². The summed E-state index contributed by atoms with van der Waals surface area (Å²) in [7, 11) is 0. The van der Waals surface area contributed by atoms with Crippen LogP contribution in [0.2, 0.25) is 0 Å². The van der Waals surface area contributed by atoms with Crippen LogP contribution in [0.25, 0.3) is 11.3 Å². The minimum Gasteiger partial charge on any atom is -0.507 e. The van der Waals surface area contributed by atoms with Crippen molar-refractivity contribution < 1.29 is 13.9 Å². The van der Waals surface area contributed by atoms with Crippen molar-refractivity contribution in [2.75, 3.05) is 18.0 Å². The van der Waals surface area contributed by atoms with Crippen LogP contribution in [0.1, 0.15) is 43.7 Å². The Hall–Kier alpha value is -2.28. The molecule has 2 aliphatic heterocycles. The number of hydrogen-bond acceptors (Lipinski definition) is 5. The second kappa shape index (κ2) is 7.62. The van der Waals surface area contributed by atoms with E-state index in [1.165, 1.54) is 6.07 Å². The number of alkyl halides is 2. The molecule has 1 unspecified atom stereocenters. The fourth-order valence-corrected chi connectivity index (χ4v) is 4.47. The molecule has 7 heteroatoms. The summed E-state index contributed by atoms with van der Waals surface area (Å²) in [6, 6.07) is 7.01. The first-order valence-electron chi connectivity index (χ1n) is 9.93. The van der Waals surface area contributed by atoms with E-state index in [-0.39, 0.29) is 28.6 Å². The van der Waals surface area contributed by atoms with Gasteiger partial charge in [0.15, 0.2) is 5.82 Å².